The molecule has 0 heterocycles. The Morgan fingerprint density at radius 3 is 2.50 bits per heavy atom. The molecule has 1 saturated carbocycles. The van der Waals surface area contributed by atoms with E-state index in [9.17, 15) is 0 Å². The highest BCUT2D eigenvalue weighted by molar-refractivity contribution is 4.89. The van der Waals surface area contributed by atoms with Crippen LogP contribution >= 0.6 is 0 Å². The molecule has 2 heteroatoms. The van der Waals surface area contributed by atoms with E-state index < -0.39 is 0 Å². The molecule has 0 aliphatic heterocycles. The fraction of sp³-hybridized carbons (Fsp3) is 1.00. The van der Waals surface area contributed by atoms with Gasteiger partial charge in [0.15, 0.2) is 0 Å². The van der Waals surface area contributed by atoms with Crippen LogP contribution < -0.4 is 5.73 Å². The standard InChI is InChI=1S/C12H25NO/c1-4-5-9(2)8-11(13)12(14-3)10-6-7-10/h9-12H,4-8,13H2,1-3H3. The first-order chi connectivity index (χ1) is 6.69. The Morgan fingerprint density at radius 2 is 2.07 bits per heavy atom. The monoisotopic (exact) mass is 199 g/mol. The van der Waals surface area contributed by atoms with Gasteiger partial charge in [-0.05, 0) is 31.1 Å². The van der Waals surface area contributed by atoms with Crippen molar-refractivity contribution in [2.75, 3.05) is 7.11 Å². The summed E-state index contributed by atoms with van der Waals surface area (Å²) in [6.07, 6.45) is 6.60. The highest BCUT2D eigenvalue weighted by atomic mass is 16.5. The molecule has 0 aromatic rings. The predicted octanol–water partition coefficient (Wildman–Crippen LogP) is 2.57. The van der Waals surface area contributed by atoms with Crippen LogP contribution in [0, 0.1) is 11.8 Å². The Morgan fingerprint density at radius 1 is 1.43 bits per heavy atom. The molecule has 2 nitrogen and oxygen atoms in total. The van der Waals surface area contributed by atoms with Gasteiger partial charge in [-0.3, -0.25) is 0 Å². The lowest BCUT2D eigenvalue weighted by Gasteiger charge is -2.24. The molecule has 3 unspecified atom stereocenters. The van der Waals surface area contributed by atoms with Crippen LogP contribution in [0.5, 0.6) is 0 Å². The van der Waals surface area contributed by atoms with E-state index in [1.807, 2.05) is 0 Å². The summed E-state index contributed by atoms with van der Waals surface area (Å²) in [7, 11) is 1.80. The van der Waals surface area contributed by atoms with Crippen molar-refractivity contribution < 1.29 is 4.74 Å². The summed E-state index contributed by atoms with van der Waals surface area (Å²) in [6.45, 7) is 4.53. The second-order valence-electron chi connectivity index (χ2n) is 4.83. The van der Waals surface area contributed by atoms with Crippen LogP contribution in [0.4, 0.5) is 0 Å². The second kappa shape index (κ2) is 5.72. The average molecular weight is 199 g/mol. The van der Waals surface area contributed by atoms with E-state index in [0.29, 0.717) is 6.10 Å². The average Bonchev–Trinajstić information content (AvgIpc) is 2.89. The Hall–Kier alpha value is -0.0800. The highest BCUT2D eigenvalue weighted by Gasteiger charge is 2.35. The lowest BCUT2D eigenvalue weighted by molar-refractivity contribution is 0.0556. The van der Waals surface area contributed by atoms with Gasteiger partial charge in [0.05, 0.1) is 6.10 Å². The SMILES string of the molecule is CCCC(C)CC(N)C(OC)C1CC1. The van der Waals surface area contributed by atoms with Crippen LogP contribution in [0.15, 0.2) is 0 Å². The molecule has 2 N–H and O–H groups in total. The van der Waals surface area contributed by atoms with Gasteiger partial charge >= 0.3 is 0 Å². The summed E-state index contributed by atoms with van der Waals surface area (Å²) < 4.78 is 5.49. The molecule has 84 valence electrons. The Balaban J connectivity index is 2.27. The Labute approximate surface area is 88.2 Å². The third-order valence-electron chi connectivity index (χ3n) is 3.24. The third kappa shape index (κ3) is 3.58. The van der Waals surface area contributed by atoms with Crippen LogP contribution in [0.1, 0.15) is 46.0 Å². The van der Waals surface area contributed by atoms with Gasteiger partial charge in [-0.15, -0.1) is 0 Å². The minimum Gasteiger partial charge on any atom is -0.380 e. The van der Waals surface area contributed by atoms with Gasteiger partial charge in [0.25, 0.3) is 0 Å². The zero-order chi connectivity index (χ0) is 10.6. The first kappa shape index (κ1) is 12.0. The maximum atomic E-state index is 6.18. The molecule has 0 radical (unpaired) electrons. The molecular weight excluding hydrogens is 174 g/mol. The number of ether oxygens (including phenoxy) is 1. The molecule has 14 heavy (non-hydrogen) atoms. The second-order valence-corrected chi connectivity index (χ2v) is 4.83. The van der Waals surface area contributed by atoms with Crippen molar-refractivity contribution in [3.8, 4) is 0 Å². The summed E-state index contributed by atoms with van der Waals surface area (Å²) in [6, 6.07) is 0.244. The van der Waals surface area contributed by atoms with Crippen molar-refractivity contribution in [1.29, 1.82) is 0 Å². The molecule has 1 aliphatic carbocycles. The number of hydrogen-bond acceptors (Lipinski definition) is 2. The normalized spacial score (nSPS) is 23.1. The number of rotatable bonds is 7. The van der Waals surface area contributed by atoms with E-state index in [1.165, 1.54) is 25.7 Å². The number of methoxy groups -OCH3 is 1. The summed E-state index contributed by atoms with van der Waals surface area (Å²) in [5.74, 6) is 1.50. The zero-order valence-corrected chi connectivity index (χ0v) is 9.83. The summed E-state index contributed by atoms with van der Waals surface area (Å²) in [5.41, 5.74) is 6.18. The van der Waals surface area contributed by atoms with Gasteiger partial charge in [0, 0.05) is 13.2 Å². The predicted molar refractivity (Wildman–Crippen MR) is 60.2 cm³/mol. The molecule has 0 saturated heterocycles. The van der Waals surface area contributed by atoms with E-state index >= 15 is 0 Å². The van der Waals surface area contributed by atoms with Crippen LogP contribution in [0.25, 0.3) is 0 Å². The molecule has 1 fully saturated rings. The Kier molecular flexibility index (Phi) is 4.90. The first-order valence-electron chi connectivity index (χ1n) is 5.97. The van der Waals surface area contributed by atoms with Gasteiger partial charge in [-0.2, -0.15) is 0 Å². The third-order valence-corrected chi connectivity index (χ3v) is 3.24. The van der Waals surface area contributed by atoms with Crippen molar-refractivity contribution in [2.24, 2.45) is 17.6 Å². The quantitative estimate of drug-likeness (QED) is 0.684. The van der Waals surface area contributed by atoms with E-state index in [2.05, 4.69) is 13.8 Å². The molecule has 0 spiro atoms. The van der Waals surface area contributed by atoms with Crippen molar-refractivity contribution in [1.82, 2.24) is 0 Å². The lowest BCUT2D eigenvalue weighted by Crippen LogP contribution is -2.39. The van der Waals surface area contributed by atoms with Crippen molar-refractivity contribution in [3.05, 3.63) is 0 Å². The van der Waals surface area contributed by atoms with Crippen molar-refractivity contribution in [3.63, 3.8) is 0 Å². The van der Waals surface area contributed by atoms with E-state index in [4.69, 9.17) is 10.5 Å². The highest BCUT2D eigenvalue weighted by Crippen LogP contribution is 2.36. The van der Waals surface area contributed by atoms with Crippen LogP contribution in [0.2, 0.25) is 0 Å². The largest absolute Gasteiger partial charge is 0.380 e. The van der Waals surface area contributed by atoms with Gasteiger partial charge in [0.2, 0.25) is 0 Å². The summed E-state index contributed by atoms with van der Waals surface area (Å²) in [5, 5.41) is 0. The lowest BCUT2D eigenvalue weighted by atomic mass is 9.93. The van der Waals surface area contributed by atoms with Gasteiger partial charge in [0.1, 0.15) is 0 Å². The molecule has 1 aliphatic rings. The first-order valence-corrected chi connectivity index (χ1v) is 5.97. The topological polar surface area (TPSA) is 35.2 Å². The molecule has 0 amide bonds. The fourth-order valence-corrected chi connectivity index (χ4v) is 2.35. The zero-order valence-electron chi connectivity index (χ0n) is 9.83. The van der Waals surface area contributed by atoms with Crippen molar-refractivity contribution in [2.45, 2.75) is 58.1 Å². The smallest absolute Gasteiger partial charge is 0.0750 e. The maximum absolute atomic E-state index is 6.18. The van der Waals surface area contributed by atoms with Crippen LogP contribution in [-0.2, 0) is 4.74 Å². The maximum Gasteiger partial charge on any atom is 0.0750 e. The van der Waals surface area contributed by atoms with Gasteiger partial charge in [-0.1, -0.05) is 26.7 Å². The van der Waals surface area contributed by atoms with Crippen molar-refractivity contribution >= 4 is 0 Å². The number of hydrogen-bond donors (Lipinski definition) is 1. The summed E-state index contributed by atoms with van der Waals surface area (Å²) >= 11 is 0. The molecule has 0 aromatic heterocycles. The Bertz CT molecular complexity index is 156. The molecule has 0 bridgehead atoms. The molecule has 0 aromatic carbocycles. The van der Waals surface area contributed by atoms with E-state index in [-0.39, 0.29) is 6.04 Å². The van der Waals surface area contributed by atoms with E-state index in [0.717, 1.165) is 18.3 Å². The number of nitrogens with two attached hydrogens (primary N) is 1. The minimum atomic E-state index is 0.244. The molecular formula is C12H25NO. The minimum absolute atomic E-state index is 0.244. The fourth-order valence-electron chi connectivity index (χ4n) is 2.35. The van der Waals surface area contributed by atoms with E-state index in [1.54, 1.807) is 7.11 Å². The van der Waals surface area contributed by atoms with Crippen LogP contribution in [0.3, 0.4) is 0 Å². The van der Waals surface area contributed by atoms with Gasteiger partial charge in [-0.25, -0.2) is 0 Å². The van der Waals surface area contributed by atoms with Crippen LogP contribution in [-0.4, -0.2) is 19.3 Å². The van der Waals surface area contributed by atoms with Gasteiger partial charge < -0.3 is 10.5 Å². The molecule has 3 atom stereocenters. The summed E-state index contributed by atoms with van der Waals surface area (Å²) in [4.78, 5) is 0. The molecule has 1 rings (SSSR count).